The van der Waals surface area contributed by atoms with E-state index in [0.29, 0.717) is 11.5 Å². The molecular formula is C27H36FN5. The van der Waals surface area contributed by atoms with Crippen molar-refractivity contribution < 1.29 is 4.39 Å². The highest BCUT2D eigenvalue weighted by Gasteiger charge is 2.24. The first-order valence-electron chi connectivity index (χ1n) is 11.9. The van der Waals surface area contributed by atoms with Crippen LogP contribution in [0.15, 0.2) is 58.1 Å². The summed E-state index contributed by atoms with van der Waals surface area (Å²) < 4.78 is 15.5. The van der Waals surface area contributed by atoms with Gasteiger partial charge < -0.3 is 15.1 Å². The molecule has 0 amide bonds. The number of rotatable bonds is 5. The lowest BCUT2D eigenvalue weighted by atomic mass is 9.92. The van der Waals surface area contributed by atoms with Gasteiger partial charge in [0.15, 0.2) is 0 Å². The van der Waals surface area contributed by atoms with Crippen LogP contribution >= 0.6 is 0 Å². The van der Waals surface area contributed by atoms with Crippen LogP contribution < -0.4 is 10.2 Å². The van der Waals surface area contributed by atoms with Gasteiger partial charge >= 0.3 is 0 Å². The Kier molecular flexibility index (Phi) is 6.75. The maximum atomic E-state index is 15.5. The molecule has 0 aromatic heterocycles. The van der Waals surface area contributed by atoms with Gasteiger partial charge in [-0.05, 0) is 62.6 Å². The van der Waals surface area contributed by atoms with E-state index < -0.39 is 0 Å². The van der Waals surface area contributed by atoms with E-state index in [0.717, 1.165) is 66.5 Å². The van der Waals surface area contributed by atoms with Gasteiger partial charge in [0, 0.05) is 74.9 Å². The highest BCUT2D eigenvalue weighted by atomic mass is 19.1. The maximum Gasteiger partial charge on any atom is 0.133 e. The van der Waals surface area contributed by atoms with E-state index in [-0.39, 0.29) is 5.82 Å². The topological polar surface area (TPSA) is 34.1 Å². The lowest BCUT2D eigenvalue weighted by molar-refractivity contribution is 0.302. The average molecular weight is 450 g/mol. The SMILES string of the molecule is CCC1C=C2C(C)=CC(c3cc(F)c(/C=C(\C)N4CCNCC4)c(N(C)C)c3)=NN2C=C1C. The van der Waals surface area contributed by atoms with Crippen LogP contribution in [0.3, 0.4) is 0 Å². The molecule has 0 bridgehead atoms. The molecule has 3 aliphatic rings. The van der Waals surface area contributed by atoms with Crippen molar-refractivity contribution >= 4 is 17.5 Å². The number of fused-ring (bicyclic) bond motifs is 1. The Bertz CT molecular complexity index is 1070. The van der Waals surface area contributed by atoms with Crippen molar-refractivity contribution in [1.82, 2.24) is 15.2 Å². The fourth-order valence-corrected chi connectivity index (χ4v) is 4.74. The van der Waals surface area contributed by atoms with Crippen molar-refractivity contribution in [3.05, 3.63) is 70.0 Å². The van der Waals surface area contributed by atoms with Gasteiger partial charge in [0.2, 0.25) is 0 Å². The van der Waals surface area contributed by atoms with Gasteiger partial charge in [0.05, 0.1) is 11.4 Å². The molecule has 33 heavy (non-hydrogen) atoms. The third-order valence-corrected chi connectivity index (χ3v) is 6.78. The van der Waals surface area contributed by atoms with Crippen LogP contribution in [0.5, 0.6) is 0 Å². The highest BCUT2D eigenvalue weighted by Crippen LogP contribution is 2.34. The second-order valence-corrected chi connectivity index (χ2v) is 9.40. The van der Waals surface area contributed by atoms with E-state index in [4.69, 9.17) is 5.10 Å². The number of hydrogen-bond donors (Lipinski definition) is 1. The predicted octanol–water partition coefficient (Wildman–Crippen LogP) is 4.95. The summed E-state index contributed by atoms with van der Waals surface area (Å²) in [7, 11) is 3.92. The molecule has 3 aliphatic heterocycles. The lowest BCUT2D eigenvalue weighted by Gasteiger charge is -2.31. The summed E-state index contributed by atoms with van der Waals surface area (Å²) >= 11 is 0. The number of anilines is 1. The van der Waals surface area contributed by atoms with Crippen molar-refractivity contribution in [2.75, 3.05) is 45.2 Å². The molecule has 0 spiro atoms. The van der Waals surface area contributed by atoms with Gasteiger partial charge in [-0.1, -0.05) is 13.0 Å². The third-order valence-electron chi connectivity index (χ3n) is 6.78. The van der Waals surface area contributed by atoms with Crippen LogP contribution in [0.1, 0.15) is 45.2 Å². The molecule has 176 valence electrons. The van der Waals surface area contributed by atoms with E-state index in [1.165, 1.54) is 5.57 Å². The summed E-state index contributed by atoms with van der Waals surface area (Å²) in [6.07, 6.45) is 9.52. The standard InChI is InChI=1S/C27H36FN5/c1-7-21-15-26-18(2)12-25(30-33(26)17-19(21)3)22-14-24(28)23(27(16-22)31(5)6)13-20(4)32-10-8-29-9-11-32/h12-17,21,29H,7-11H2,1-6H3/b20-13+. The van der Waals surface area contributed by atoms with Gasteiger partial charge in [-0.15, -0.1) is 0 Å². The Morgan fingerprint density at radius 1 is 1.24 bits per heavy atom. The fraction of sp³-hybridized carbons (Fsp3) is 0.444. The molecule has 1 aromatic rings. The van der Waals surface area contributed by atoms with Crippen LogP contribution in [0, 0.1) is 11.7 Å². The largest absolute Gasteiger partial charge is 0.377 e. The van der Waals surface area contributed by atoms with Crippen LogP contribution in [-0.2, 0) is 0 Å². The molecule has 0 radical (unpaired) electrons. The minimum Gasteiger partial charge on any atom is -0.377 e. The molecule has 6 heteroatoms. The number of nitrogens with zero attached hydrogens (tertiary/aromatic N) is 4. The van der Waals surface area contributed by atoms with Crippen molar-refractivity contribution in [3.8, 4) is 0 Å². The molecule has 1 saturated heterocycles. The van der Waals surface area contributed by atoms with Gasteiger partial charge in [-0.2, -0.15) is 5.10 Å². The molecule has 4 rings (SSSR count). The van der Waals surface area contributed by atoms with Crippen LogP contribution in [0.25, 0.3) is 6.08 Å². The van der Waals surface area contributed by atoms with Crippen LogP contribution in [-0.4, -0.2) is 55.9 Å². The summed E-state index contributed by atoms with van der Waals surface area (Å²) in [4.78, 5) is 4.29. The molecule has 0 aliphatic carbocycles. The van der Waals surface area contributed by atoms with E-state index in [1.54, 1.807) is 6.07 Å². The normalized spacial score (nSPS) is 21.2. The zero-order valence-electron chi connectivity index (χ0n) is 20.7. The Balaban J connectivity index is 1.71. The first-order chi connectivity index (χ1) is 15.8. The van der Waals surface area contributed by atoms with Gasteiger partial charge in [-0.3, -0.25) is 0 Å². The molecular weight excluding hydrogens is 413 g/mol. The fourth-order valence-electron chi connectivity index (χ4n) is 4.74. The number of piperazine rings is 1. The minimum atomic E-state index is -0.225. The van der Waals surface area contributed by atoms with Gasteiger partial charge in [0.25, 0.3) is 0 Å². The molecule has 3 heterocycles. The molecule has 1 atom stereocenters. The highest BCUT2D eigenvalue weighted by molar-refractivity contribution is 6.10. The number of nitrogens with one attached hydrogen (secondary N) is 1. The number of halogens is 1. The second kappa shape index (κ2) is 9.56. The Hall–Kier alpha value is -2.86. The van der Waals surface area contributed by atoms with Crippen LogP contribution in [0.4, 0.5) is 10.1 Å². The zero-order valence-corrected chi connectivity index (χ0v) is 20.7. The smallest absolute Gasteiger partial charge is 0.133 e. The van der Waals surface area contributed by atoms with Crippen molar-refractivity contribution in [3.63, 3.8) is 0 Å². The van der Waals surface area contributed by atoms with Gasteiger partial charge in [-0.25, -0.2) is 9.40 Å². The molecule has 5 nitrogen and oxygen atoms in total. The molecule has 1 aromatic carbocycles. The molecule has 1 unspecified atom stereocenters. The number of benzene rings is 1. The first-order valence-corrected chi connectivity index (χ1v) is 11.9. The van der Waals surface area contributed by atoms with Crippen molar-refractivity contribution in [2.45, 2.75) is 34.1 Å². The summed E-state index contributed by atoms with van der Waals surface area (Å²) in [6.45, 7) is 12.3. The molecule has 1 fully saturated rings. The predicted molar refractivity (Wildman–Crippen MR) is 137 cm³/mol. The van der Waals surface area contributed by atoms with E-state index >= 15 is 4.39 Å². The third kappa shape index (κ3) is 4.76. The maximum absolute atomic E-state index is 15.5. The summed E-state index contributed by atoms with van der Waals surface area (Å²) in [6, 6.07) is 3.67. The monoisotopic (exact) mass is 449 g/mol. The van der Waals surface area contributed by atoms with E-state index in [9.17, 15) is 0 Å². The molecule has 0 saturated carbocycles. The average Bonchev–Trinajstić information content (AvgIpc) is 2.80. The molecule has 1 N–H and O–H groups in total. The van der Waals surface area contributed by atoms with E-state index in [2.05, 4.69) is 56.3 Å². The summed E-state index contributed by atoms with van der Waals surface area (Å²) in [5.74, 6) is 0.219. The number of allylic oxidation sites excluding steroid dienone is 5. The summed E-state index contributed by atoms with van der Waals surface area (Å²) in [5.41, 5.74) is 7.69. The van der Waals surface area contributed by atoms with E-state index in [1.807, 2.05) is 36.1 Å². The number of hydrazone groups is 1. The summed E-state index contributed by atoms with van der Waals surface area (Å²) in [5, 5.41) is 10.2. The Morgan fingerprint density at radius 3 is 2.64 bits per heavy atom. The number of hydrogen-bond acceptors (Lipinski definition) is 5. The Labute approximate surface area is 197 Å². The first kappa shape index (κ1) is 23.3. The van der Waals surface area contributed by atoms with Gasteiger partial charge in [0.1, 0.15) is 5.82 Å². The van der Waals surface area contributed by atoms with Crippen molar-refractivity contribution in [2.24, 2.45) is 11.0 Å². The quantitative estimate of drug-likeness (QED) is 0.690. The zero-order chi connectivity index (χ0) is 23.7. The second-order valence-electron chi connectivity index (χ2n) is 9.40. The van der Waals surface area contributed by atoms with Crippen molar-refractivity contribution in [1.29, 1.82) is 0 Å². The van der Waals surface area contributed by atoms with Crippen LogP contribution in [0.2, 0.25) is 0 Å². The lowest BCUT2D eigenvalue weighted by Crippen LogP contribution is -2.42. The Morgan fingerprint density at radius 2 is 1.97 bits per heavy atom. The minimum absolute atomic E-state index is 0.225.